The first-order chi connectivity index (χ1) is 7.27. The predicted octanol–water partition coefficient (Wildman–Crippen LogP) is 3.00. The third-order valence-corrected chi connectivity index (χ3v) is 4.29. The fraction of sp³-hybridized carbons (Fsp3) is 0.182. The van der Waals surface area contributed by atoms with Gasteiger partial charge < -0.3 is 4.74 Å². The highest BCUT2D eigenvalue weighted by molar-refractivity contribution is 8.22. The van der Waals surface area contributed by atoms with E-state index in [0.29, 0.717) is 11.3 Å². The van der Waals surface area contributed by atoms with Crippen molar-refractivity contribution in [2.75, 3.05) is 12.5 Å². The summed E-state index contributed by atoms with van der Waals surface area (Å²) in [5.41, 5.74) is 1.60. The van der Waals surface area contributed by atoms with Gasteiger partial charge >= 0.3 is 5.97 Å². The molecule has 15 heavy (non-hydrogen) atoms. The van der Waals surface area contributed by atoms with Gasteiger partial charge in [-0.25, -0.2) is 4.79 Å². The van der Waals surface area contributed by atoms with Crippen LogP contribution in [0, 0.1) is 0 Å². The van der Waals surface area contributed by atoms with Crippen molar-refractivity contribution < 1.29 is 9.53 Å². The van der Waals surface area contributed by atoms with Gasteiger partial charge in [0.2, 0.25) is 0 Å². The van der Waals surface area contributed by atoms with Crippen molar-refractivity contribution in [2.45, 2.75) is 0 Å². The van der Waals surface area contributed by atoms with Gasteiger partial charge in [-0.3, -0.25) is 0 Å². The number of hydrogen-bond acceptors (Lipinski definition) is 4. The van der Waals surface area contributed by atoms with Gasteiger partial charge in [0.15, 0.2) is 0 Å². The van der Waals surface area contributed by atoms with E-state index in [-0.39, 0.29) is 5.97 Å². The van der Waals surface area contributed by atoms with Gasteiger partial charge in [0, 0.05) is 5.56 Å². The molecule has 0 fully saturated rings. The molecule has 0 radical (unpaired) electrons. The molecule has 0 unspecified atom stereocenters. The molecule has 1 aromatic rings. The molecule has 0 saturated heterocycles. The first-order valence-corrected chi connectivity index (χ1v) is 6.86. The van der Waals surface area contributed by atoms with Crippen LogP contribution in [-0.2, 0) is 4.79 Å². The van der Waals surface area contributed by atoms with Crippen LogP contribution in [0.15, 0.2) is 28.5 Å². The zero-order chi connectivity index (χ0) is 10.8. The lowest BCUT2D eigenvalue weighted by molar-refractivity contribution is -0.126. The van der Waals surface area contributed by atoms with Crippen LogP contribution in [0.5, 0.6) is 5.75 Å². The van der Waals surface area contributed by atoms with Crippen LogP contribution in [0.2, 0.25) is 0 Å². The quantitative estimate of drug-likeness (QED) is 0.449. The summed E-state index contributed by atoms with van der Waals surface area (Å²) in [7, 11) is 0. The third kappa shape index (κ3) is 1.79. The summed E-state index contributed by atoms with van der Waals surface area (Å²) in [5.74, 6) is 0.424. The number of para-hydroxylation sites is 1. The molecule has 2 nitrogen and oxygen atoms in total. The Labute approximate surface area is 97.1 Å². The maximum atomic E-state index is 11.7. The average molecular weight is 238 g/mol. The number of ether oxygens (including phenoxy) is 1. The van der Waals surface area contributed by atoms with Crippen molar-refractivity contribution in [3.8, 4) is 5.75 Å². The van der Waals surface area contributed by atoms with E-state index < -0.39 is 0 Å². The van der Waals surface area contributed by atoms with Crippen LogP contribution in [0.3, 0.4) is 0 Å². The summed E-state index contributed by atoms with van der Waals surface area (Å²) in [6, 6.07) is 7.52. The fourth-order valence-electron chi connectivity index (χ4n) is 1.50. The number of hydrogen-bond donors (Lipinski definition) is 0. The predicted molar refractivity (Wildman–Crippen MR) is 66.0 cm³/mol. The van der Waals surface area contributed by atoms with Crippen molar-refractivity contribution in [1.82, 2.24) is 0 Å². The fourth-order valence-corrected chi connectivity index (χ4v) is 2.97. The van der Waals surface area contributed by atoms with Crippen LogP contribution < -0.4 is 4.74 Å². The topological polar surface area (TPSA) is 26.3 Å². The van der Waals surface area contributed by atoms with E-state index in [1.807, 2.05) is 36.8 Å². The molecular formula is C11H10O2S2. The number of benzene rings is 1. The highest BCUT2D eigenvalue weighted by atomic mass is 32.2. The minimum atomic E-state index is -0.241. The molecule has 0 N–H and O–H groups in total. The van der Waals surface area contributed by atoms with Crippen molar-refractivity contribution in [3.05, 3.63) is 34.1 Å². The summed E-state index contributed by atoms with van der Waals surface area (Å²) < 4.78 is 6.19. The Morgan fingerprint density at radius 2 is 1.87 bits per heavy atom. The van der Waals surface area contributed by atoms with Crippen LogP contribution in [0.4, 0.5) is 0 Å². The highest BCUT2D eigenvalue weighted by Crippen LogP contribution is 2.41. The van der Waals surface area contributed by atoms with E-state index in [9.17, 15) is 4.79 Å². The molecule has 2 rings (SSSR count). The second-order valence-corrected chi connectivity index (χ2v) is 4.85. The molecule has 0 bridgehead atoms. The number of carbonyl (C=O) groups is 1. The van der Waals surface area contributed by atoms with Crippen molar-refractivity contribution in [2.24, 2.45) is 0 Å². The summed E-state index contributed by atoms with van der Waals surface area (Å²) in [6.45, 7) is 0. The van der Waals surface area contributed by atoms with E-state index in [4.69, 9.17) is 4.74 Å². The van der Waals surface area contributed by atoms with Crippen molar-refractivity contribution in [1.29, 1.82) is 0 Å². The zero-order valence-electron chi connectivity index (χ0n) is 8.44. The van der Waals surface area contributed by atoms with Gasteiger partial charge in [-0.1, -0.05) is 18.2 Å². The van der Waals surface area contributed by atoms with Crippen LogP contribution in [0.1, 0.15) is 5.56 Å². The monoisotopic (exact) mass is 238 g/mol. The Morgan fingerprint density at radius 1 is 1.20 bits per heavy atom. The third-order valence-electron chi connectivity index (χ3n) is 2.14. The summed E-state index contributed by atoms with van der Waals surface area (Å²) in [4.78, 5) is 11.7. The maximum absolute atomic E-state index is 11.7. The van der Waals surface area contributed by atoms with Gasteiger partial charge in [-0.15, -0.1) is 23.5 Å². The van der Waals surface area contributed by atoms with Crippen molar-refractivity contribution >= 4 is 35.1 Å². The molecule has 1 heterocycles. The summed E-state index contributed by atoms with van der Waals surface area (Å²) in [5, 5.41) is 0. The average Bonchev–Trinajstić information content (AvgIpc) is 2.58. The molecule has 0 saturated carbocycles. The smallest absolute Gasteiger partial charge is 0.345 e. The van der Waals surface area contributed by atoms with Crippen LogP contribution in [0.25, 0.3) is 5.57 Å². The minimum absolute atomic E-state index is 0.241. The van der Waals surface area contributed by atoms with E-state index >= 15 is 0 Å². The zero-order valence-corrected chi connectivity index (χ0v) is 10.1. The SMILES string of the molecule is CSC(SC)=C1C(=O)Oc2ccccc21. The van der Waals surface area contributed by atoms with E-state index in [0.717, 1.165) is 9.80 Å². The molecule has 0 aliphatic carbocycles. The van der Waals surface area contributed by atoms with Crippen LogP contribution >= 0.6 is 23.5 Å². The molecule has 0 spiro atoms. The lowest BCUT2D eigenvalue weighted by Crippen LogP contribution is -2.01. The van der Waals surface area contributed by atoms with Gasteiger partial charge in [-0.2, -0.15) is 0 Å². The van der Waals surface area contributed by atoms with Crippen molar-refractivity contribution in [3.63, 3.8) is 0 Å². The molecule has 0 aromatic heterocycles. The lowest BCUT2D eigenvalue weighted by atomic mass is 10.1. The second-order valence-electron chi connectivity index (χ2n) is 2.96. The molecule has 0 amide bonds. The Kier molecular flexibility index (Phi) is 3.07. The van der Waals surface area contributed by atoms with E-state index in [1.165, 1.54) is 0 Å². The van der Waals surface area contributed by atoms with E-state index in [2.05, 4.69) is 0 Å². The largest absolute Gasteiger partial charge is 0.422 e. The van der Waals surface area contributed by atoms with Gasteiger partial charge in [-0.05, 0) is 18.6 Å². The van der Waals surface area contributed by atoms with Gasteiger partial charge in [0.25, 0.3) is 0 Å². The van der Waals surface area contributed by atoms with Gasteiger partial charge in [0.1, 0.15) is 5.75 Å². The summed E-state index contributed by atoms with van der Waals surface area (Å²) >= 11 is 3.15. The maximum Gasteiger partial charge on any atom is 0.345 e. The molecule has 1 aromatic carbocycles. The normalized spacial score (nSPS) is 13.7. The number of rotatable bonds is 2. The summed E-state index contributed by atoms with van der Waals surface area (Å²) in [6.07, 6.45) is 3.93. The number of carbonyl (C=O) groups excluding carboxylic acids is 1. The number of esters is 1. The standard InChI is InChI=1S/C11H10O2S2/c1-14-11(15-2)9-7-5-3-4-6-8(7)13-10(9)12/h3-6H,1-2H3. The molecule has 1 aliphatic rings. The minimum Gasteiger partial charge on any atom is -0.422 e. The molecule has 0 atom stereocenters. The van der Waals surface area contributed by atoms with Gasteiger partial charge in [0.05, 0.1) is 9.81 Å². The first kappa shape index (κ1) is 10.6. The molecule has 78 valence electrons. The lowest BCUT2D eigenvalue weighted by Gasteiger charge is -2.02. The van der Waals surface area contributed by atoms with Crippen LogP contribution in [-0.4, -0.2) is 18.5 Å². The van der Waals surface area contributed by atoms with E-state index in [1.54, 1.807) is 23.5 Å². The molecule has 1 aliphatic heterocycles. The Balaban J connectivity index is 2.59. The Morgan fingerprint density at radius 3 is 2.53 bits per heavy atom. The molecule has 4 heteroatoms. The Bertz CT molecular complexity index is 432. The number of thioether (sulfide) groups is 2. The first-order valence-electron chi connectivity index (χ1n) is 4.41. The number of fused-ring (bicyclic) bond motifs is 1. The Hall–Kier alpha value is -0.870. The second kappa shape index (κ2) is 4.33. The molecular weight excluding hydrogens is 228 g/mol. The highest BCUT2D eigenvalue weighted by Gasteiger charge is 2.29.